The largest absolute Gasteiger partial charge is 0.468 e. The average Bonchev–Trinajstić information content (AvgIpc) is 2.85. The summed E-state index contributed by atoms with van der Waals surface area (Å²) in [6.07, 6.45) is 1.87. The summed E-state index contributed by atoms with van der Waals surface area (Å²) < 4.78 is 6.56. The van der Waals surface area contributed by atoms with E-state index in [4.69, 9.17) is 4.74 Å². The van der Waals surface area contributed by atoms with E-state index in [1.165, 1.54) is 7.11 Å². The second-order valence-corrected chi connectivity index (χ2v) is 4.23. The van der Waals surface area contributed by atoms with Gasteiger partial charge in [0, 0.05) is 19.8 Å². The lowest BCUT2D eigenvalue weighted by Gasteiger charge is -2.16. The van der Waals surface area contributed by atoms with Gasteiger partial charge in [0.25, 0.3) is 0 Å². The summed E-state index contributed by atoms with van der Waals surface area (Å²) in [5.74, 6) is -0.304. The van der Waals surface area contributed by atoms with Crippen LogP contribution in [-0.2, 0) is 23.1 Å². The number of carbonyl (C=O) groups is 1. The number of methoxy groups -OCH3 is 1. The van der Waals surface area contributed by atoms with E-state index >= 15 is 0 Å². The van der Waals surface area contributed by atoms with E-state index in [-0.39, 0.29) is 5.97 Å². The highest BCUT2D eigenvalue weighted by atomic mass is 16.5. The van der Waals surface area contributed by atoms with Crippen LogP contribution in [0.5, 0.6) is 0 Å². The number of nitrogens with one attached hydrogen (secondary N) is 1. The van der Waals surface area contributed by atoms with E-state index < -0.39 is 6.04 Å². The minimum absolute atomic E-state index is 0.304. The van der Waals surface area contributed by atoms with E-state index in [2.05, 4.69) is 10.4 Å². The first-order valence-electron chi connectivity index (χ1n) is 6.05. The van der Waals surface area contributed by atoms with Gasteiger partial charge in [-0.2, -0.15) is 5.10 Å². The first-order valence-corrected chi connectivity index (χ1v) is 6.05. The molecule has 0 aliphatic rings. The van der Waals surface area contributed by atoms with Crippen molar-refractivity contribution in [3.05, 3.63) is 53.9 Å². The third kappa shape index (κ3) is 3.42. The Kier molecular flexibility index (Phi) is 4.30. The van der Waals surface area contributed by atoms with Crippen molar-refractivity contribution in [3.8, 4) is 0 Å². The fourth-order valence-corrected chi connectivity index (χ4v) is 1.86. The van der Waals surface area contributed by atoms with Crippen molar-refractivity contribution in [3.63, 3.8) is 0 Å². The molecule has 2 aromatic rings. The molecule has 1 N–H and O–H groups in total. The monoisotopic (exact) mass is 259 g/mol. The zero-order valence-electron chi connectivity index (χ0n) is 11.0. The normalized spacial score (nSPS) is 12.1. The van der Waals surface area contributed by atoms with Gasteiger partial charge >= 0.3 is 5.97 Å². The van der Waals surface area contributed by atoms with Gasteiger partial charge in [0.05, 0.1) is 12.8 Å². The van der Waals surface area contributed by atoms with Crippen molar-refractivity contribution in [2.75, 3.05) is 7.11 Å². The van der Waals surface area contributed by atoms with Crippen molar-refractivity contribution in [2.45, 2.75) is 12.6 Å². The summed E-state index contributed by atoms with van der Waals surface area (Å²) in [6.45, 7) is 0.509. The maximum atomic E-state index is 11.8. The molecule has 0 aliphatic heterocycles. The molecule has 0 fully saturated rings. The van der Waals surface area contributed by atoms with Crippen molar-refractivity contribution >= 4 is 5.97 Å². The molecule has 0 radical (unpaired) electrons. The molecule has 19 heavy (non-hydrogen) atoms. The quantitative estimate of drug-likeness (QED) is 0.825. The van der Waals surface area contributed by atoms with Crippen LogP contribution in [0.3, 0.4) is 0 Å². The third-order valence-electron chi connectivity index (χ3n) is 2.83. The van der Waals surface area contributed by atoms with Crippen LogP contribution in [0.2, 0.25) is 0 Å². The Morgan fingerprint density at radius 1 is 1.37 bits per heavy atom. The Morgan fingerprint density at radius 3 is 2.68 bits per heavy atom. The maximum absolute atomic E-state index is 11.8. The molecule has 1 atom stereocenters. The van der Waals surface area contributed by atoms with Crippen LogP contribution in [0, 0.1) is 0 Å². The molecule has 1 heterocycles. The van der Waals surface area contributed by atoms with Crippen LogP contribution < -0.4 is 5.32 Å². The third-order valence-corrected chi connectivity index (χ3v) is 2.83. The van der Waals surface area contributed by atoms with Gasteiger partial charge in [-0.05, 0) is 11.6 Å². The molecule has 1 aromatic carbocycles. The summed E-state index contributed by atoms with van der Waals surface area (Å²) in [5.41, 5.74) is 1.76. The van der Waals surface area contributed by atoms with Crippen LogP contribution in [0.1, 0.15) is 17.3 Å². The topological polar surface area (TPSA) is 56.1 Å². The molecule has 1 aromatic heterocycles. The minimum atomic E-state index is -0.479. The zero-order valence-corrected chi connectivity index (χ0v) is 11.0. The fraction of sp³-hybridized carbons (Fsp3) is 0.286. The Morgan fingerprint density at radius 2 is 2.11 bits per heavy atom. The van der Waals surface area contributed by atoms with Gasteiger partial charge in [-0.3, -0.25) is 10.00 Å². The Bertz CT molecular complexity index is 537. The van der Waals surface area contributed by atoms with E-state index in [0.29, 0.717) is 6.54 Å². The van der Waals surface area contributed by atoms with Crippen LogP contribution >= 0.6 is 0 Å². The van der Waals surface area contributed by atoms with Crippen molar-refractivity contribution < 1.29 is 9.53 Å². The second-order valence-electron chi connectivity index (χ2n) is 4.23. The van der Waals surface area contributed by atoms with Crippen LogP contribution in [-0.4, -0.2) is 22.9 Å². The van der Waals surface area contributed by atoms with Crippen LogP contribution in [0.25, 0.3) is 0 Å². The van der Waals surface area contributed by atoms with E-state index in [1.807, 2.05) is 49.6 Å². The van der Waals surface area contributed by atoms with Gasteiger partial charge < -0.3 is 4.74 Å². The Balaban J connectivity index is 2.09. The number of aromatic nitrogens is 2. The minimum Gasteiger partial charge on any atom is -0.468 e. The lowest BCUT2D eigenvalue weighted by molar-refractivity contribution is -0.143. The average molecular weight is 259 g/mol. The van der Waals surface area contributed by atoms with Gasteiger partial charge in [0.1, 0.15) is 6.04 Å². The second kappa shape index (κ2) is 6.15. The summed E-state index contributed by atoms with van der Waals surface area (Å²) in [5, 5.41) is 7.43. The molecule has 1 unspecified atom stereocenters. The number of rotatable bonds is 5. The zero-order chi connectivity index (χ0) is 13.7. The van der Waals surface area contributed by atoms with Gasteiger partial charge in [-0.15, -0.1) is 0 Å². The van der Waals surface area contributed by atoms with Gasteiger partial charge in [-0.1, -0.05) is 30.3 Å². The van der Waals surface area contributed by atoms with Crippen LogP contribution in [0.15, 0.2) is 42.6 Å². The fourth-order valence-electron chi connectivity index (χ4n) is 1.86. The number of hydrogen-bond acceptors (Lipinski definition) is 4. The number of aryl methyl sites for hydroxylation is 1. The van der Waals surface area contributed by atoms with E-state index in [1.54, 1.807) is 4.68 Å². The molecule has 0 saturated heterocycles. The summed E-state index contributed by atoms with van der Waals surface area (Å²) in [4.78, 5) is 11.8. The smallest absolute Gasteiger partial charge is 0.327 e. The number of hydrogen-bond donors (Lipinski definition) is 1. The number of esters is 1. The SMILES string of the molecule is COC(=O)C(NCc1ccn(C)n1)c1ccccc1. The van der Waals surface area contributed by atoms with Gasteiger partial charge in [-0.25, -0.2) is 4.79 Å². The van der Waals surface area contributed by atoms with Crippen molar-refractivity contribution in [1.29, 1.82) is 0 Å². The highest BCUT2D eigenvalue weighted by Gasteiger charge is 2.20. The first kappa shape index (κ1) is 13.3. The highest BCUT2D eigenvalue weighted by Crippen LogP contribution is 2.14. The molecule has 5 nitrogen and oxygen atoms in total. The molecular formula is C14H17N3O2. The van der Waals surface area contributed by atoms with Gasteiger partial charge in [0.2, 0.25) is 0 Å². The predicted molar refractivity (Wildman–Crippen MR) is 71.2 cm³/mol. The number of carbonyl (C=O) groups excluding carboxylic acids is 1. The number of nitrogens with zero attached hydrogens (tertiary/aromatic N) is 2. The van der Waals surface area contributed by atoms with Crippen molar-refractivity contribution in [2.24, 2.45) is 7.05 Å². The molecule has 0 saturated carbocycles. The maximum Gasteiger partial charge on any atom is 0.327 e. The lowest BCUT2D eigenvalue weighted by Crippen LogP contribution is -2.29. The Labute approximate surface area is 112 Å². The standard InChI is InChI=1S/C14H17N3O2/c1-17-9-8-12(16-17)10-15-13(14(18)19-2)11-6-4-3-5-7-11/h3-9,13,15H,10H2,1-2H3. The molecule has 100 valence electrons. The Hall–Kier alpha value is -2.14. The molecule has 2 rings (SSSR count). The van der Waals surface area contributed by atoms with Crippen LogP contribution in [0.4, 0.5) is 0 Å². The number of benzene rings is 1. The molecule has 5 heteroatoms. The molecular weight excluding hydrogens is 242 g/mol. The summed E-state index contributed by atoms with van der Waals surface area (Å²) >= 11 is 0. The molecule has 0 aliphatic carbocycles. The predicted octanol–water partition coefficient (Wildman–Crippen LogP) is 1.42. The molecule has 0 spiro atoms. The highest BCUT2D eigenvalue weighted by molar-refractivity contribution is 5.77. The first-order chi connectivity index (χ1) is 9.20. The van der Waals surface area contributed by atoms with E-state index in [9.17, 15) is 4.79 Å². The van der Waals surface area contributed by atoms with Crippen molar-refractivity contribution in [1.82, 2.24) is 15.1 Å². The number of ether oxygens (including phenoxy) is 1. The van der Waals surface area contributed by atoms with Gasteiger partial charge in [0.15, 0.2) is 0 Å². The summed E-state index contributed by atoms with van der Waals surface area (Å²) in [6, 6.07) is 10.9. The lowest BCUT2D eigenvalue weighted by atomic mass is 10.1. The summed E-state index contributed by atoms with van der Waals surface area (Å²) in [7, 11) is 3.25. The van der Waals surface area contributed by atoms with E-state index in [0.717, 1.165) is 11.3 Å². The molecule has 0 bridgehead atoms. The molecule has 0 amide bonds.